The molecule has 2 N–H and O–H groups in total. The van der Waals surface area contributed by atoms with Crippen molar-refractivity contribution in [1.82, 2.24) is 5.43 Å². The van der Waals surface area contributed by atoms with E-state index in [1.807, 2.05) is 18.2 Å². The molecule has 0 aromatic heterocycles. The second-order valence-electron chi connectivity index (χ2n) is 6.73. The Morgan fingerprint density at radius 2 is 1.74 bits per heavy atom. The molecular weight excluding hydrogens is 569 g/mol. The molecule has 0 aliphatic carbocycles. The number of amides is 2. The van der Waals surface area contributed by atoms with E-state index in [2.05, 4.69) is 31.8 Å². The van der Waals surface area contributed by atoms with Crippen LogP contribution in [0.5, 0.6) is 11.5 Å². The summed E-state index contributed by atoms with van der Waals surface area (Å²) in [5.74, 6) is -0.997. The van der Waals surface area contributed by atoms with Crippen LogP contribution in [0.1, 0.15) is 11.1 Å². The zero-order valence-electron chi connectivity index (χ0n) is 17.6. The molecule has 0 atom stereocenters. The molecule has 7 nitrogen and oxygen atoms in total. The lowest BCUT2D eigenvalue weighted by Gasteiger charge is -2.14. The summed E-state index contributed by atoms with van der Waals surface area (Å²) in [4.78, 5) is 24.1. The molecule has 3 aromatic carbocycles. The van der Waals surface area contributed by atoms with Gasteiger partial charge in [-0.25, -0.2) is 5.43 Å². The van der Waals surface area contributed by atoms with E-state index >= 15 is 0 Å². The molecule has 0 aliphatic rings. The van der Waals surface area contributed by atoms with Gasteiger partial charge in [-0.05, 0) is 57.9 Å². The number of carbonyl (C=O) groups is 2. The zero-order valence-corrected chi connectivity index (χ0v) is 21.4. The maximum atomic E-state index is 12.1. The third-order valence-electron chi connectivity index (χ3n) is 4.29. The van der Waals surface area contributed by atoms with Gasteiger partial charge in [-0.2, -0.15) is 5.10 Å². The van der Waals surface area contributed by atoms with Gasteiger partial charge in [-0.3, -0.25) is 9.59 Å². The van der Waals surface area contributed by atoms with E-state index in [1.54, 1.807) is 18.2 Å². The molecule has 0 heterocycles. The molecule has 0 spiro atoms. The van der Waals surface area contributed by atoms with E-state index in [4.69, 9.17) is 44.3 Å². The Balaban J connectivity index is 1.63. The normalized spacial score (nSPS) is 10.7. The number of halogens is 4. The second-order valence-corrected chi connectivity index (χ2v) is 8.86. The van der Waals surface area contributed by atoms with E-state index in [0.717, 1.165) is 5.56 Å². The van der Waals surface area contributed by atoms with Crippen LogP contribution in [-0.2, 0) is 16.2 Å². The number of hydrogen-bond acceptors (Lipinski definition) is 5. The van der Waals surface area contributed by atoms with E-state index in [-0.39, 0.29) is 12.3 Å². The SMILES string of the molecule is COc1cc(/C=N/NC(=O)C(=O)Nc2cc(Cl)cc(Cl)c2)cc(Br)c1OCc1ccccc1Cl. The van der Waals surface area contributed by atoms with Crippen LogP contribution in [0.15, 0.2) is 64.2 Å². The number of nitrogens with one attached hydrogen (secondary N) is 2. The summed E-state index contributed by atoms with van der Waals surface area (Å²) >= 11 is 21.4. The summed E-state index contributed by atoms with van der Waals surface area (Å²) in [5, 5.41) is 7.45. The molecule has 2 amide bonds. The first-order valence-electron chi connectivity index (χ1n) is 9.61. The van der Waals surface area contributed by atoms with Crippen LogP contribution >= 0.6 is 50.7 Å². The fourth-order valence-corrected chi connectivity index (χ4v) is 4.04. The minimum atomic E-state index is -0.974. The van der Waals surface area contributed by atoms with Crippen LogP contribution in [0.4, 0.5) is 5.69 Å². The smallest absolute Gasteiger partial charge is 0.329 e. The molecule has 11 heteroatoms. The lowest BCUT2D eigenvalue weighted by molar-refractivity contribution is -0.136. The summed E-state index contributed by atoms with van der Waals surface area (Å²) in [5.41, 5.74) is 3.84. The van der Waals surface area contributed by atoms with Gasteiger partial charge in [0.05, 0.1) is 17.8 Å². The summed E-state index contributed by atoms with van der Waals surface area (Å²) in [7, 11) is 1.50. The van der Waals surface area contributed by atoms with Crippen LogP contribution in [0.25, 0.3) is 0 Å². The third-order valence-corrected chi connectivity index (χ3v) is 5.68. The Labute approximate surface area is 219 Å². The van der Waals surface area contributed by atoms with Crippen molar-refractivity contribution < 1.29 is 19.1 Å². The van der Waals surface area contributed by atoms with Crippen LogP contribution in [0, 0.1) is 0 Å². The van der Waals surface area contributed by atoms with E-state index in [1.165, 1.54) is 31.5 Å². The molecule has 176 valence electrons. The molecule has 0 bridgehead atoms. The number of benzene rings is 3. The van der Waals surface area contributed by atoms with E-state index < -0.39 is 11.8 Å². The van der Waals surface area contributed by atoms with E-state index in [9.17, 15) is 9.59 Å². The van der Waals surface area contributed by atoms with Crippen molar-refractivity contribution in [3.63, 3.8) is 0 Å². The Bertz CT molecular complexity index is 1230. The predicted molar refractivity (Wildman–Crippen MR) is 137 cm³/mol. The molecule has 0 aliphatic heterocycles. The number of hydrogen-bond donors (Lipinski definition) is 2. The summed E-state index contributed by atoms with van der Waals surface area (Å²) in [6.07, 6.45) is 1.35. The first kappa shape index (κ1) is 25.8. The van der Waals surface area contributed by atoms with Gasteiger partial charge in [0.2, 0.25) is 0 Å². The highest BCUT2D eigenvalue weighted by atomic mass is 79.9. The number of anilines is 1. The van der Waals surface area contributed by atoms with Crippen molar-refractivity contribution in [3.8, 4) is 11.5 Å². The maximum absolute atomic E-state index is 12.1. The maximum Gasteiger partial charge on any atom is 0.329 e. The number of hydrazone groups is 1. The topological polar surface area (TPSA) is 89.0 Å². The van der Waals surface area contributed by atoms with Gasteiger partial charge in [-0.1, -0.05) is 53.0 Å². The van der Waals surface area contributed by atoms with Gasteiger partial charge < -0.3 is 14.8 Å². The standard InChI is InChI=1S/C23H17BrCl3N3O4/c1-33-20-7-13(6-18(24)21(20)34-12-14-4-2-3-5-19(14)27)11-28-30-23(32)22(31)29-17-9-15(25)8-16(26)10-17/h2-11H,12H2,1H3,(H,29,31)(H,30,32)/b28-11+. The molecule has 0 saturated carbocycles. The molecular formula is C23H17BrCl3N3O4. The van der Waals surface area contributed by atoms with Crippen LogP contribution in [0.2, 0.25) is 15.1 Å². The lowest BCUT2D eigenvalue weighted by Crippen LogP contribution is -2.32. The molecule has 3 aromatic rings. The molecule has 0 unspecified atom stereocenters. The van der Waals surface area contributed by atoms with Crippen molar-refractivity contribution in [2.45, 2.75) is 6.61 Å². The Kier molecular flexibility index (Phi) is 9.18. The Morgan fingerprint density at radius 3 is 2.41 bits per heavy atom. The predicted octanol–water partition coefficient (Wildman–Crippen LogP) is 6.09. The number of rotatable bonds is 7. The van der Waals surface area contributed by atoms with Crippen molar-refractivity contribution >= 4 is 74.4 Å². The monoisotopic (exact) mass is 583 g/mol. The van der Waals surface area contributed by atoms with Gasteiger partial charge in [0.1, 0.15) is 6.61 Å². The van der Waals surface area contributed by atoms with Crippen LogP contribution in [0.3, 0.4) is 0 Å². The largest absolute Gasteiger partial charge is 0.493 e. The molecule has 3 rings (SSSR count). The first-order chi connectivity index (χ1) is 16.3. The highest BCUT2D eigenvalue weighted by molar-refractivity contribution is 9.10. The number of nitrogens with zero attached hydrogens (tertiary/aromatic N) is 1. The molecule has 0 radical (unpaired) electrons. The third kappa shape index (κ3) is 7.11. The quantitative estimate of drug-likeness (QED) is 0.200. The summed E-state index contributed by atoms with van der Waals surface area (Å²) < 4.78 is 11.9. The minimum Gasteiger partial charge on any atom is -0.493 e. The fraction of sp³-hybridized carbons (Fsp3) is 0.0870. The average Bonchev–Trinajstić information content (AvgIpc) is 2.78. The number of ether oxygens (including phenoxy) is 2. The average molecular weight is 586 g/mol. The van der Waals surface area contributed by atoms with Crippen molar-refractivity contribution in [2.24, 2.45) is 5.10 Å². The van der Waals surface area contributed by atoms with Gasteiger partial charge in [0.15, 0.2) is 11.5 Å². The van der Waals surface area contributed by atoms with E-state index in [0.29, 0.717) is 36.6 Å². The Hall–Kier alpha value is -2.78. The van der Waals surface area contributed by atoms with Crippen molar-refractivity contribution in [1.29, 1.82) is 0 Å². The highest BCUT2D eigenvalue weighted by Crippen LogP contribution is 2.37. The van der Waals surface area contributed by atoms with Crippen LogP contribution in [-0.4, -0.2) is 25.1 Å². The zero-order chi connectivity index (χ0) is 24.7. The lowest BCUT2D eigenvalue weighted by atomic mass is 10.2. The number of methoxy groups -OCH3 is 1. The van der Waals surface area contributed by atoms with Crippen LogP contribution < -0.4 is 20.2 Å². The highest BCUT2D eigenvalue weighted by Gasteiger charge is 2.15. The van der Waals surface area contributed by atoms with Crippen molar-refractivity contribution in [2.75, 3.05) is 12.4 Å². The summed E-state index contributed by atoms with van der Waals surface area (Å²) in [6, 6.07) is 15.2. The number of carbonyl (C=O) groups excluding carboxylic acids is 2. The van der Waals surface area contributed by atoms with Crippen molar-refractivity contribution in [3.05, 3.63) is 85.3 Å². The Morgan fingerprint density at radius 1 is 1.03 bits per heavy atom. The molecule has 0 saturated heterocycles. The fourth-order valence-electron chi connectivity index (χ4n) is 2.75. The summed E-state index contributed by atoms with van der Waals surface area (Å²) in [6.45, 7) is 0.241. The van der Waals surface area contributed by atoms with Gasteiger partial charge in [0, 0.05) is 26.3 Å². The van der Waals surface area contributed by atoms with Gasteiger partial charge in [-0.15, -0.1) is 0 Å². The second kappa shape index (κ2) is 12.1. The molecule has 34 heavy (non-hydrogen) atoms. The first-order valence-corrected chi connectivity index (χ1v) is 11.5. The minimum absolute atomic E-state index is 0.241. The van der Waals surface area contributed by atoms with Gasteiger partial charge in [0.25, 0.3) is 0 Å². The van der Waals surface area contributed by atoms with Gasteiger partial charge >= 0.3 is 11.8 Å². The molecule has 0 fully saturated rings.